The van der Waals surface area contributed by atoms with E-state index in [1.54, 1.807) is 0 Å². The van der Waals surface area contributed by atoms with E-state index in [1.807, 2.05) is 6.92 Å². The molecule has 0 amide bonds. The zero-order valence-electron chi connectivity index (χ0n) is 9.30. The zero-order valence-corrected chi connectivity index (χ0v) is 9.30. The van der Waals surface area contributed by atoms with Gasteiger partial charge in [0, 0.05) is 0 Å². The Bertz CT molecular complexity index is 139. The van der Waals surface area contributed by atoms with Gasteiger partial charge in [-0.25, -0.2) is 0 Å². The predicted octanol–water partition coefficient (Wildman–Crippen LogP) is 3.01. The minimum Gasteiger partial charge on any atom is -0.466 e. The molecule has 0 heterocycles. The van der Waals surface area contributed by atoms with Crippen LogP contribution in [0.25, 0.3) is 0 Å². The molecule has 2 nitrogen and oxygen atoms in total. The maximum atomic E-state index is 11.5. The Labute approximate surface area is 81.7 Å². The van der Waals surface area contributed by atoms with E-state index in [9.17, 15) is 4.79 Å². The Kier molecular flexibility index (Phi) is 6.65. The molecule has 13 heavy (non-hydrogen) atoms. The standard InChI is InChI=1S/C11H22O2/c1-5-9(6-2)10(7-3)11(12)13-8-4/h9-10H,5-8H2,1-4H3. The Morgan fingerprint density at radius 3 is 1.92 bits per heavy atom. The summed E-state index contributed by atoms with van der Waals surface area (Å²) in [6, 6.07) is 0. The van der Waals surface area contributed by atoms with Crippen molar-refractivity contribution in [1.82, 2.24) is 0 Å². The number of ether oxygens (including phenoxy) is 1. The molecule has 0 aromatic rings. The first-order chi connectivity index (χ1) is 6.21. The number of carbonyl (C=O) groups excluding carboxylic acids is 1. The first-order valence-corrected chi connectivity index (χ1v) is 5.37. The molecule has 78 valence electrons. The second-order valence-electron chi connectivity index (χ2n) is 3.34. The molecule has 1 atom stereocenters. The van der Waals surface area contributed by atoms with E-state index < -0.39 is 0 Å². The third-order valence-electron chi connectivity index (χ3n) is 2.65. The van der Waals surface area contributed by atoms with E-state index in [0.717, 1.165) is 19.3 Å². The summed E-state index contributed by atoms with van der Waals surface area (Å²) in [7, 11) is 0. The van der Waals surface area contributed by atoms with Crippen molar-refractivity contribution in [3.05, 3.63) is 0 Å². The molecular formula is C11H22O2. The maximum Gasteiger partial charge on any atom is 0.309 e. The fourth-order valence-electron chi connectivity index (χ4n) is 1.80. The highest BCUT2D eigenvalue weighted by Crippen LogP contribution is 2.23. The molecule has 1 unspecified atom stereocenters. The lowest BCUT2D eigenvalue weighted by atomic mass is 9.86. The second-order valence-corrected chi connectivity index (χ2v) is 3.34. The summed E-state index contributed by atoms with van der Waals surface area (Å²) in [5, 5.41) is 0. The first kappa shape index (κ1) is 12.5. The molecule has 0 fully saturated rings. The predicted molar refractivity (Wildman–Crippen MR) is 54.5 cm³/mol. The van der Waals surface area contributed by atoms with Crippen LogP contribution in [0.1, 0.15) is 47.0 Å². The van der Waals surface area contributed by atoms with Gasteiger partial charge in [-0.15, -0.1) is 0 Å². The molecule has 0 aromatic heterocycles. The Morgan fingerprint density at radius 2 is 1.62 bits per heavy atom. The van der Waals surface area contributed by atoms with Crippen LogP contribution in [0, 0.1) is 11.8 Å². The molecule has 0 N–H and O–H groups in total. The van der Waals surface area contributed by atoms with Crippen molar-refractivity contribution in [2.75, 3.05) is 6.61 Å². The van der Waals surface area contributed by atoms with Gasteiger partial charge in [0.1, 0.15) is 0 Å². The van der Waals surface area contributed by atoms with Crippen molar-refractivity contribution < 1.29 is 9.53 Å². The van der Waals surface area contributed by atoms with Gasteiger partial charge in [0.2, 0.25) is 0 Å². The third-order valence-corrected chi connectivity index (χ3v) is 2.65. The first-order valence-electron chi connectivity index (χ1n) is 5.37. The quantitative estimate of drug-likeness (QED) is 0.596. The van der Waals surface area contributed by atoms with E-state index in [4.69, 9.17) is 4.74 Å². The van der Waals surface area contributed by atoms with Crippen LogP contribution in [0.2, 0.25) is 0 Å². The largest absolute Gasteiger partial charge is 0.466 e. The molecule has 0 spiro atoms. The van der Waals surface area contributed by atoms with Gasteiger partial charge in [0.05, 0.1) is 12.5 Å². The molecule has 0 saturated heterocycles. The minimum atomic E-state index is -0.0151. The molecule has 0 aliphatic rings. The van der Waals surface area contributed by atoms with Gasteiger partial charge < -0.3 is 4.74 Å². The van der Waals surface area contributed by atoms with Crippen molar-refractivity contribution in [1.29, 1.82) is 0 Å². The van der Waals surface area contributed by atoms with Crippen molar-refractivity contribution in [2.45, 2.75) is 47.0 Å². The summed E-state index contributed by atoms with van der Waals surface area (Å²) >= 11 is 0. The van der Waals surface area contributed by atoms with Crippen LogP contribution in [0.3, 0.4) is 0 Å². The van der Waals surface area contributed by atoms with E-state index >= 15 is 0 Å². The van der Waals surface area contributed by atoms with E-state index in [2.05, 4.69) is 20.8 Å². The van der Waals surface area contributed by atoms with Gasteiger partial charge in [-0.3, -0.25) is 4.79 Å². The third kappa shape index (κ3) is 3.79. The summed E-state index contributed by atoms with van der Waals surface area (Å²) in [5.74, 6) is 0.581. The lowest BCUT2D eigenvalue weighted by Crippen LogP contribution is -2.24. The molecular weight excluding hydrogens is 164 g/mol. The maximum absolute atomic E-state index is 11.5. The highest BCUT2D eigenvalue weighted by molar-refractivity contribution is 5.72. The average Bonchev–Trinajstić information content (AvgIpc) is 2.14. The van der Waals surface area contributed by atoms with Crippen molar-refractivity contribution in [2.24, 2.45) is 11.8 Å². The average molecular weight is 186 g/mol. The second kappa shape index (κ2) is 6.93. The van der Waals surface area contributed by atoms with Gasteiger partial charge in [0.15, 0.2) is 0 Å². The molecule has 0 bridgehead atoms. The molecule has 0 radical (unpaired) electrons. The van der Waals surface area contributed by atoms with Crippen molar-refractivity contribution in [3.63, 3.8) is 0 Å². The smallest absolute Gasteiger partial charge is 0.309 e. The summed E-state index contributed by atoms with van der Waals surface area (Å²) in [5.41, 5.74) is 0. The van der Waals surface area contributed by atoms with Crippen molar-refractivity contribution in [3.8, 4) is 0 Å². The number of carbonyl (C=O) groups is 1. The zero-order chi connectivity index (χ0) is 10.3. The van der Waals surface area contributed by atoms with Gasteiger partial charge in [0.25, 0.3) is 0 Å². The number of esters is 1. The van der Waals surface area contributed by atoms with E-state index in [1.165, 1.54) is 0 Å². The lowest BCUT2D eigenvalue weighted by Gasteiger charge is -2.21. The molecule has 0 saturated carbocycles. The fraction of sp³-hybridized carbons (Fsp3) is 0.909. The van der Waals surface area contributed by atoms with E-state index in [0.29, 0.717) is 12.5 Å². The van der Waals surface area contributed by atoms with Crippen LogP contribution < -0.4 is 0 Å². The van der Waals surface area contributed by atoms with Crippen LogP contribution in [0.15, 0.2) is 0 Å². The Morgan fingerprint density at radius 1 is 1.08 bits per heavy atom. The monoisotopic (exact) mass is 186 g/mol. The summed E-state index contributed by atoms with van der Waals surface area (Å²) in [4.78, 5) is 11.5. The van der Waals surface area contributed by atoms with Crippen LogP contribution in [-0.4, -0.2) is 12.6 Å². The molecule has 0 aliphatic heterocycles. The minimum absolute atomic E-state index is 0.0151. The van der Waals surface area contributed by atoms with Gasteiger partial charge in [-0.2, -0.15) is 0 Å². The summed E-state index contributed by atoms with van der Waals surface area (Å²) in [6.45, 7) is 8.68. The summed E-state index contributed by atoms with van der Waals surface area (Å²) in [6.07, 6.45) is 3.02. The van der Waals surface area contributed by atoms with E-state index in [-0.39, 0.29) is 11.9 Å². The molecule has 0 rings (SSSR count). The topological polar surface area (TPSA) is 26.3 Å². The Balaban J connectivity index is 4.20. The van der Waals surface area contributed by atoms with Crippen LogP contribution in [-0.2, 0) is 9.53 Å². The van der Waals surface area contributed by atoms with Gasteiger partial charge >= 0.3 is 5.97 Å². The lowest BCUT2D eigenvalue weighted by molar-refractivity contribution is -0.150. The number of rotatable bonds is 6. The molecule has 0 aliphatic carbocycles. The van der Waals surface area contributed by atoms with Crippen LogP contribution in [0.4, 0.5) is 0 Å². The highest BCUT2D eigenvalue weighted by Gasteiger charge is 2.24. The molecule has 0 aromatic carbocycles. The van der Waals surface area contributed by atoms with Crippen LogP contribution in [0.5, 0.6) is 0 Å². The van der Waals surface area contributed by atoms with Crippen LogP contribution >= 0.6 is 0 Å². The van der Waals surface area contributed by atoms with Crippen molar-refractivity contribution >= 4 is 5.97 Å². The Hall–Kier alpha value is -0.530. The number of hydrogen-bond acceptors (Lipinski definition) is 2. The van der Waals surface area contributed by atoms with Gasteiger partial charge in [-0.05, 0) is 19.3 Å². The number of hydrogen-bond donors (Lipinski definition) is 0. The summed E-state index contributed by atoms with van der Waals surface area (Å²) < 4.78 is 5.04. The van der Waals surface area contributed by atoms with Gasteiger partial charge in [-0.1, -0.05) is 33.6 Å². The SMILES string of the molecule is CCOC(=O)C(CC)C(CC)CC. The fourth-order valence-corrected chi connectivity index (χ4v) is 1.80. The normalized spacial score (nSPS) is 13.0. The molecule has 2 heteroatoms. The highest BCUT2D eigenvalue weighted by atomic mass is 16.5.